The molecule has 0 amide bonds. The Kier molecular flexibility index (Phi) is 4.02. The van der Waals surface area contributed by atoms with E-state index in [9.17, 15) is 5.11 Å². The fourth-order valence-electron chi connectivity index (χ4n) is 2.16. The summed E-state index contributed by atoms with van der Waals surface area (Å²) in [5.74, 6) is 6.70. The Morgan fingerprint density at radius 3 is 2.44 bits per heavy atom. The highest BCUT2D eigenvalue weighted by Gasteiger charge is 2.10. The zero-order chi connectivity index (χ0) is 11.2. The summed E-state index contributed by atoms with van der Waals surface area (Å²) in [4.78, 5) is 0. The van der Waals surface area contributed by atoms with Gasteiger partial charge in [0, 0.05) is 5.92 Å². The summed E-state index contributed by atoms with van der Waals surface area (Å²) in [6.45, 7) is 0. The van der Waals surface area contributed by atoms with Gasteiger partial charge < -0.3 is 5.11 Å². The van der Waals surface area contributed by atoms with Crippen molar-refractivity contribution in [2.75, 3.05) is 0 Å². The highest BCUT2D eigenvalue weighted by molar-refractivity contribution is 5.25. The van der Waals surface area contributed by atoms with E-state index in [2.05, 4.69) is 11.8 Å². The molecule has 1 fully saturated rings. The van der Waals surface area contributed by atoms with Gasteiger partial charge in [0.25, 0.3) is 0 Å². The van der Waals surface area contributed by atoms with E-state index in [0.717, 1.165) is 5.56 Å². The van der Waals surface area contributed by atoms with Gasteiger partial charge in [0.15, 0.2) is 0 Å². The third-order valence-electron chi connectivity index (χ3n) is 3.14. The molecule has 1 aromatic rings. The average Bonchev–Trinajstić information content (AvgIpc) is 2.38. The van der Waals surface area contributed by atoms with Gasteiger partial charge >= 0.3 is 0 Å². The molecule has 1 atom stereocenters. The molecule has 84 valence electrons. The van der Waals surface area contributed by atoms with Crippen molar-refractivity contribution in [3.63, 3.8) is 0 Å². The van der Waals surface area contributed by atoms with Crippen LogP contribution in [-0.4, -0.2) is 5.11 Å². The van der Waals surface area contributed by atoms with E-state index in [4.69, 9.17) is 0 Å². The molecule has 0 heterocycles. The van der Waals surface area contributed by atoms with Crippen molar-refractivity contribution in [2.24, 2.45) is 5.92 Å². The van der Waals surface area contributed by atoms with Crippen molar-refractivity contribution in [1.29, 1.82) is 0 Å². The van der Waals surface area contributed by atoms with Crippen LogP contribution >= 0.6 is 0 Å². The molecule has 0 radical (unpaired) electrons. The quantitative estimate of drug-likeness (QED) is 0.711. The summed E-state index contributed by atoms with van der Waals surface area (Å²) in [7, 11) is 0. The second-order valence-corrected chi connectivity index (χ2v) is 4.44. The van der Waals surface area contributed by atoms with E-state index in [-0.39, 0.29) is 0 Å². The Bertz CT molecular complexity index is 365. The number of hydrogen-bond donors (Lipinski definition) is 1. The van der Waals surface area contributed by atoms with Crippen molar-refractivity contribution in [3.8, 4) is 11.8 Å². The molecule has 1 aromatic carbocycles. The highest BCUT2D eigenvalue weighted by atomic mass is 16.3. The van der Waals surface area contributed by atoms with Gasteiger partial charge in [0.05, 0.1) is 0 Å². The minimum absolute atomic E-state index is 0.507. The SMILES string of the molecule is OC(C#CC1CCCCC1)c1ccccc1. The zero-order valence-corrected chi connectivity index (χ0v) is 9.52. The van der Waals surface area contributed by atoms with Gasteiger partial charge in [-0.15, -0.1) is 0 Å². The van der Waals surface area contributed by atoms with Crippen LogP contribution in [0, 0.1) is 17.8 Å². The Balaban J connectivity index is 1.96. The summed E-state index contributed by atoms with van der Waals surface area (Å²) in [5.41, 5.74) is 0.894. The Morgan fingerprint density at radius 1 is 1.06 bits per heavy atom. The minimum atomic E-state index is -0.622. The smallest absolute Gasteiger partial charge is 0.140 e. The molecule has 1 saturated carbocycles. The van der Waals surface area contributed by atoms with Gasteiger partial charge in [-0.1, -0.05) is 61.4 Å². The third-order valence-corrected chi connectivity index (χ3v) is 3.14. The summed E-state index contributed by atoms with van der Waals surface area (Å²) in [5, 5.41) is 9.88. The van der Waals surface area contributed by atoms with E-state index in [1.807, 2.05) is 30.3 Å². The molecule has 0 aromatic heterocycles. The van der Waals surface area contributed by atoms with Crippen molar-refractivity contribution >= 4 is 0 Å². The van der Waals surface area contributed by atoms with Gasteiger partial charge in [-0.2, -0.15) is 0 Å². The second kappa shape index (κ2) is 5.72. The molecule has 0 bridgehead atoms. The minimum Gasteiger partial charge on any atom is -0.376 e. The van der Waals surface area contributed by atoms with E-state index in [1.54, 1.807) is 0 Å². The Hall–Kier alpha value is -1.26. The van der Waals surface area contributed by atoms with Crippen molar-refractivity contribution in [1.82, 2.24) is 0 Å². The summed E-state index contributed by atoms with van der Waals surface area (Å²) < 4.78 is 0. The molecule has 1 aliphatic carbocycles. The van der Waals surface area contributed by atoms with Gasteiger partial charge in [0.1, 0.15) is 6.10 Å². The van der Waals surface area contributed by atoms with E-state index >= 15 is 0 Å². The maximum absolute atomic E-state index is 9.88. The van der Waals surface area contributed by atoms with Crippen LogP contribution in [0.3, 0.4) is 0 Å². The molecular formula is C15H18O. The number of hydrogen-bond acceptors (Lipinski definition) is 1. The maximum atomic E-state index is 9.88. The molecule has 0 aliphatic heterocycles. The Labute approximate surface area is 97.5 Å². The first-order valence-corrected chi connectivity index (χ1v) is 6.10. The number of benzene rings is 1. The predicted molar refractivity (Wildman–Crippen MR) is 65.8 cm³/mol. The molecule has 1 nitrogen and oxygen atoms in total. The second-order valence-electron chi connectivity index (χ2n) is 4.44. The monoisotopic (exact) mass is 214 g/mol. The van der Waals surface area contributed by atoms with Crippen LogP contribution in [0.2, 0.25) is 0 Å². The van der Waals surface area contributed by atoms with Crippen LogP contribution in [0.15, 0.2) is 30.3 Å². The number of rotatable bonds is 1. The van der Waals surface area contributed by atoms with Gasteiger partial charge in [-0.25, -0.2) is 0 Å². The topological polar surface area (TPSA) is 20.2 Å². The third kappa shape index (κ3) is 3.12. The number of aliphatic hydroxyl groups is 1. The molecule has 0 spiro atoms. The summed E-state index contributed by atoms with van der Waals surface area (Å²) >= 11 is 0. The average molecular weight is 214 g/mol. The van der Waals surface area contributed by atoms with Crippen LogP contribution in [0.1, 0.15) is 43.8 Å². The lowest BCUT2D eigenvalue weighted by Crippen LogP contribution is -2.04. The van der Waals surface area contributed by atoms with Crippen molar-refractivity contribution in [3.05, 3.63) is 35.9 Å². The standard InChI is InChI=1S/C15H18O/c16-15(14-9-5-2-6-10-14)12-11-13-7-3-1-4-8-13/h2,5-6,9-10,13,15-16H,1,3-4,7-8H2. The van der Waals surface area contributed by atoms with Crippen molar-refractivity contribution in [2.45, 2.75) is 38.2 Å². The lowest BCUT2D eigenvalue weighted by molar-refractivity contribution is 0.238. The fourth-order valence-corrected chi connectivity index (χ4v) is 2.16. The molecule has 1 N–H and O–H groups in total. The predicted octanol–water partition coefficient (Wildman–Crippen LogP) is 3.30. The number of aliphatic hydroxyl groups excluding tert-OH is 1. The molecule has 16 heavy (non-hydrogen) atoms. The van der Waals surface area contributed by atoms with E-state index in [1.165, 1.54) is 32.1 Å². The van der Waals surface area contributed by atoms with Crippen LogP contribution in [0.25, 0.3) is 0 Å². The maximum Gasteiger partial charge on any atom is 0.140 e. The molecule has 1 heteroatoms. The van der Waals surface area contributed by atoms with Crippen molar-refractivity contribution < 1.29 is 5.11 Å². The lowest BCUT2D eigenvalue weighted by atomic mass is 9.89. The van der Waals surface area contributed by atoms with E-state index in [0.29, 0.717) is 5.92 Å². The molecule has 0 saturated heterocycles. The van der Waals surface area contributed by atoms with Gasteiger partial charge in [-0.3, -0.25) is 0 Å². The summed E-state index contributed by atoms with van der Waals surface area (Å²) in [6.07, 6.45) is 5.72. The first-order valence-electron chi connectivity index (χ1n) is 6.10. The first-order chi connectivity index (χ1) is 7.86. The highest BCUT2D eigenvalue weighted by Crippen LogP contribution is 2.23. The van der Waals surface area contributed by atoms with Gasteiger partial charge in [0.2, 0.25) is 0 Å². The van der Waals surface area contributed by atoms with Crippen LogP contribution in [0.5, 0.6) is 0 Å². The largest absolute Gasteiger partial charge is 0.376 e. The normalized spacial score (nSPS) is 18.6. The van der Waals surface area contributed by atoms with E-state index < -0.39 is 6.10 Å². The fraction of sp³-hybridized carbons (Fsp3) is 0.467. The van der Waals surface area contributed by atoms with Crippen LogP contribution in [0.4, 0.5) is 0 Å². The summed E-state index contributed by atoms with van der Waals surface area (Å²) in [6, 6.07) is 9.65. The zero-order valence-electron chi connectivity index (χ0n) is 9.52. The Morgan fingerprint density at radius 2 is 1.75 bits per heavy atom. The molecular weight excluding hydrogens is 196 g/mol. The van der Waals surface area contributed by atoms with Crippen LogP contribution < -0.4 is 0 Å². The molecule has 1 aliphatic rings. The molecule has 1 unspecified atom stereocenters. The van der Waals surface area contributed by atoms with Crippen LogP contribution in [-0.2, 0) is 0 Å². The first kappa shape index (κ1) is 11.2. The lowest BCUT2D eigenvalue weighted by Gasteiger charge is -2.15. The van der Waals surface area contributed by atoms with Gasteiger partial charge in [-0.05, 0) is 18.4 Å². The molecule has 2 rings (SSSR count).